The molecule has 0 radical (unpaired) electrons. The lowest BCUT2D eigenvalue weighted by atomic mass is 10.2. The van der Waals surface area contributed by atoms with Gasteiger partial charge < -0.3 is 10.3 Å². The molecule has 1 atom stereocenters. The lowest BCUT2D eigenvalue weighted by Crippen LogP contribution is -2.14. The van der Waals surface area contributed by atoms with Crippen molar-refractivity contribution in [2.24, 2.45) is 5.73 Å². The minimum absolute atomic E-state index is 0.390. The van der Waals surface area contributed by atoms with E-state index in [4.69, 9.17) is 10.3 Å². The summed E-state index contributed by atoms with van der Waals surface area (Å²) in [6.07, 6.45) is 0.718. The third-order valence-electron chi connectivity index (χ3n) is 2.02. The minimum Gasteiger partial charge on any atom is -0.339 e. The molecule has 6 heteroatoms. The molecule has 0 bridgehead atoms. The van der Waals surface area contributed by atoms with Crippen LogP contribution in [0.2, 0.25) is 0 Å². The summed E-state index contributed by atoms with van der Waals surface area (Å²) in [5.41, 5.74) is 6.75. The lowest BCUT2D eigenvalue weighted by Gasteiger charge is -2.01. The average Bonchev–Trinajstić information content (AvgIpc) is 2.84. The second-order valence-corrected chi connectivity index (χ2v) is 4.23. The van der Waals surface area contributed by atoms with Crippen molar-refractivity contribution in [3.05, 3.63) is 27.8 Å². The van der Waals surface area contributed by atoms with Crippen molar-refractivity contribution >= 4 is 11.3 Å². The van der Waals surface area contributed by atoms with E-state index in [2.05, 4.69) is 15.1 Å². The van der Waals surface area contributed by atoms with Gasteiger partial charge in [-0.05, 0) is 6.92 Å². The summed E-state index contributed by atoms with van der Waals surface area (Å²) in [4.78, 5) is 8.47. The highest BCUT2D eigenvalue weighted by atomic mass is 32.1. The molecule has 0 aliphatic heterocycles. The van der Waals surface area contributed by atoms with Gasteiger partial charge in [-0.2, -0.15) is 4.98 Å². The van der Waals surface area contributed by atoms with Crippen molar-refractivity contribution in [2.75, 3.05) is 0 Å². The molecule has 2 aromatic rings. The zero-order valence-electron chi connectivity index (χ0n) is 8.60. The SMILES string of the molecule is CCc1nc(C(N)c2csc(C)n2)no1. The van der Waals surface area contributed by atoms with Crippen LogP contribution in [0.1, 0.15) is 35.4 Å². The van der Waals surface area contributed by atoms with Crippen LogP contribution in [0.4, 0.5) is 0 Å². The number of aromatic nitrogens is 3. The second kappa shape index (κ2) is 4.08. The van der Waals surface area contributed by atoms with Crippen molar-refractivity contribution in [1.29, 1.82) is 0 Å². The first-order valence-corrected chi connectivity index (χ1v) is 5.58. The molecule has 5 nitrogen and oxygen atoms in total. The first-order valence-electron chi connectivity index (χ1n) is 4.70. The van der Waals surface area contributed by atoms with E-state index in [9.17, 15) is 0 Å². The van der Waals surface area contributed by atoms with Crippen LogP contribution in [-0.4, -0.2) is 15.1 Å². The summed E-state index contributed by atoms with van der Waals surface area (Å²) in [5.74, 6) is 1.10. The molecule has 0 aliphatic carbocycles. The van der Waals surface area contributed by atoms with Gasteiger partial charge >= 0.3 is 0 Å². The van der Waals surface area contributed by atoms with Crippen LogP contribution in [0, 0.1) is 6.92 Å². The smallest absolute Gasteiger partial charge is 0.226 e. The number of nitrogens with two attached hydrogens (primary N) is 1. The maximum atomic E-state index is 5.96. The Labute approximate surface area is 91.3 Å². The lowest BCUT2D eigenvalue weighted by molar-refractivity contribution is 0.375. The first kappa shape index (κ1) is 10.3. The van der Waals surface area contributed by atoms with Crippen LogP contribution in [0.5, 0.6) is 0 Å². The molecule has 0 fully saturated rings. The van der Waals surface area contributed by atoms with Crippen molar-refractivity contribution < 1.29 is 4.52 Å². The quantitative estimate of drug-likeness (QED) is 0.853. The third kappa shape index (κ3) is 2.05. The van der Waals surface area contributed by atoms with Gasteiger partial charge in [0.25, 0.3) is 0 Å². The summed E-state index contributed by atoms with van der Waals surface area (Å²) in [7, 11) is 0. The van der Waals surface area contributed by atoms with Gasteiger partial charge in [-0.15, -0.1) is 11.3 Å². The molecule has 2 heterocycles. The standard InChI is InChI=1S/C9H12N4OS/c1-3-7-12-9(13-14-7)8(10)6-4-15-5(2)11-6/h4,8H,3,10H2,1-2H3. The van der Waals surface area contributed by atoms with Gasteiger partial charge in [0, 0.05) is 11.8 Å². The fourth-order valence-electron chi connectivity index (χ4n) is 1.19. The predicted octanol–water partition coefficient (Wildman–Crippen LogP) is 1.45. The largest absolute Gasteiger partial charge is 0.339 e. The molecular weight excluding hydrogens is 212 g/mol. The predicted molar refractivity (Wildman–Crippen MR) is 56.6 cm³/mol. The van der Waals surface area contributed by atoms with Crippen molar-refractivity contribution in [1.82, 2.24) is 15.1 Å². The van der Waals surface area contributed by atoms with Crippen LogP contribution in [0.25, 0.3) is 0 Å². The van der Waals surface area contributed by atoms with E-state index in [0.29, 0.717) is 11.7 Å². The molecule has 0 saturated carbocycles. The summed E-state index contributed by atoms with van der Waals surface area (Å²) in [5, 5.41) is 6.73. The average molecular weight is 224 g/mol. The fraction of sp³-hybridized carbons (Fsp3) is 0.444. The Kier molecular flexibility index (Phi) is 2.79. The molecule has 1 unspecified atom stereocenters. The van der Waals surface area contributed by atoms with Gasteiger partial charge in [-0.25, -0.2) is 4.98 Å². The molecule has 0 amide bonds. The Hall–Kier alpha value is -1.27. The molecule has 0 aromatic carbocycles. The zero-order chi connectivity index (χ0) is 10.8. The molecule has 0 saturated heterocycles. The Morgan fingerprint density at radius 3 is 2.87 bits per heavy atom. The highest BCUT2D eigenvalue weighted by Crippen LogP contribution is 2.19. The Balaban J connectivity index is 2.23. The molecule has 2 aromatic heterocycles. The minimum atomic E-state index is -0.390. The second-order valence-electron chi connectivity index (χ2n) is 3.17. The van der Waals surface area contributed by atoms with Crippen molar-refractivity contribution in [3.63, 3.8) is 0 Å². The molecule has 2 rings (SSSR count). The van der Waals surface area contributed by atoms with E-state index in [1.807, 2.05) is 19.2 Å². The third-order valence-corrected chi connectivity index (χ3v) is 2.81. The molecule has 15 heavy (non-hydrogen) atoms. The van der Waals surface area contributed by atoms with Gasteiger partial charge in [0.2, 0.25) is 5.89 Å². The monoisotopic (exact) mass is 224 g/mol. The van der Waals surface area contributed by atoms with E-state index < -0.39 is 0 Å². The van der Waals surface area contributed by atoms with Gasteiger partial charge in [0.1, 0.15) is 6.04 Å². The molecular formula is C9H12N4OS. The summed E-state index contributed by atoms with van der Waals surface area (Å²) in [6, 6.07) is -0.390. The molecule has 0 aliphatic rings. The number of hydrogen-bond acceptors (Lipinski definition) is 6. The fourth-order valence-corrected chi connectivity index (χ4v) is 1.84. The normalized spacial score (nSPS) is 13.0. The van der Waals surface area contributed by atoms with E-state index in [1.165, 1.54) is 0 Å². The number of thiazole rings is 1. The maximum Gasteiger partial charge on any atom is 0.226 e. The number of aryl methyl sites for hydroxylation is 2. The van der Waals surface area contributed by atoms with Gasteiger partial charge in [0.15, 0.2) is 5.82 Å². The zero-order valence-corrected chi connectivity index (χ0v) is 9.41. The van der Waals surface area contributed by atoms with E-state index in [1.54, 1.807) is 11.3 Å². The highest BCUT2D eigenvalue weighted by molar-refractivity contribution is 7.09. The van der Waals surface area contributed by atoms with E-state index in [0.717, 1.165) is 17.1 Å². The van der Waals surface area contributed by atoms with E-state index >= 15 is 0 Å². The summed E-state index contributed by atoms with van der Waals surface area (Å²) in [6.45, 7) is 3.89. The topological polar surface area (TPSA) is 77.8 Å². The number of nitrogens with zero attached hydrogens (tertiary/aromatic N) is 3. The summed E-state index contributed by atoms with van der Waals surface area (Å²) < 4.78 is 5.00. The number of rotatable bonds is 3. The molecule has 0 spiro atoms. The van der Waals surface area contributed by atoms with Crippen LogP contribution < -0.4 is 5.73 Å². The van der Waals surface area contributed by atoms with Gasteiger partial charge in [0.05, 0.1) is 10.7 Å². The Morgan fingerprint density at radius 1 is 1.53 bits per heavy atom. The van der Waals surface area contributed by atoms with Crippen LogP contribution in [0.15, 0.2) is 9.90 Å². The maximum absolute atomic E-state index is 5.96. The van der Waals surface area contributed by atoms with Crippen molar-refractivity contribution in [3.8, 4) is 0 Å². The molecule has 80 valence electrons. The van der Waals surface area contributed by atoms with Crippen LogP contribution >= 0.6 is 11.3 Å². The van der Waals surface area contributed by atoms with Crippen LogP contribution in [-0.2, 0) is 6.42 Å². The Bertz CT molecular complexity index is 450. The van der Waals surface area contributed by atoms with Gasteiger partial charge in [-0.1, -0.05) is 12.1 Å². The first-order chi connectivity index (χ1) is 7.20. The number of hydrogen-bond donors (Lipinski definition) is 1. The highest BCUT2D eigenvalue weighted by Gasteiger charge is 2.17. The van der Waals surface area contributed by atoms with Gasteiger partial charge in [-0.3, -0.25) is 0 Å². The Morgan fingerprint density at radius 2 is 2.33 bits per heavy atom. The van der Waals surface area contributed by atoms with E-state index in [-0.39, 0.29) is 6.04 Å². The molecule has 2 N–H and O–H groups in total. The summed E-state index contributed by atoms with van der Waals surface area (Å²) >= 11 is 1.56. The van der Waals surface area contributed by atoms with Crippen molar-refractivity contribution in [2.45, 2.75) is 26.3 Å². The van der Waals surface area contributed by atoms with Crippen LogP contribution in [0.3, 0.4) is 0 Å².